The topological polar surface area (TPSA) is 138 Å². The highest BCUT2D eigenvalue weighted by Gasteiger charge is 2.44. The minimum atomic E-state index is -1.21. The fraction of sp³-hybridized carbons (Fsp3) is 0.450. The number of morpholine rings is 1. The largest absolute Gasteiger partial charge is 0.394 e. The lowest BCUT2D eigenvalue weighted by Crippen LogP contribution is -2.36. The van der Waals surface area contributed by atoms with Gasteiger partial charge in [-0.1, -0.05) is 0 Å². The molecule has 1 aromatic carbocycles. The van der Waals surface area contributed by atoms with Crippen molar-refractivity contribution in [1.29, 1.82) is 0 Å². The number of anilines is 3. The summed E-state index contributed by atoms with van der Waals surface area (Å²) in [5, 5.41) is 32.9. The summed E-state index contributed by atoms with van der Waals surface area (Å²) in [7, 11) is 0. The fourth-order valence-electron chi connectivity index (χ4n) is 3.95. The number of hydrogen-bond donors (Lipinski definition) is 4. The maximum atomic E-state index is 10.3. The van der Waals surface area contributed by atoms with E-state index in [2.05, 4.69) is 25.2 Å². The van der Waals surface area contributed by atoms with Crippen LogP contribution in [0.1, 0.15) is 6.23 Å². The molecule has 164 valence electrons. The van der Waals surface area contributed by atoms with Crippen molar-refractivity contribution in [3.63, 3.8) is 0 Å². The number of nitrogens with one attached hydrogen (secondary N) is 1. The van der Waals surface area contributed by atoms with Gasteiger partial charge in [0.05, 0.1) is 26.1 Å². The van der Waals surface area contributed by atoms with E-state index in [0.29, 0.717) is 17.0 Å². The first kappa shape index (κ1) is 20.1. The maximum absolute atomic E-state index is 10.3. The molecule has 11 nitrogen and oxygen atoms in total. The molecule has 0 saturated carbocycles. The summed E-state index contributed by atoms with van der Waals surface area (Å²) in [4.78, 5) is 15.2. The Kier molecular flexibility index (Phi) is 5.42. The molecule has 0 radical (unpaired) electrons. The highest BCUT2D eigenvalue weighted by atomic mass is 16.6. The van der Waals surface area contributed by atoms with Gasteiger partial charge in [-0.2, -0.15) is 0 Å². The number of hydrogen-bond acceptors (Lipinski definition) is 10. The molecule has 2 aliphatic heterocycles. The number of aromatic nitrogens is 4. The Morgan fingerprint density at radius 3 is 2.52 bits per heavy atom. The van der Waals surface area contributed by atoms with Crippen LogP contribution in [0.5, 0.6) is 0 Å². The minimum absolute atomic E-state index is 0.399. The van der Waals surface area contributed by atoms with E-state index in [-0.39, 0.29) is 0 Å². The van der Waals surface area contributed by atoms with Crippen LogP contribution in [0.3, 0.4) is 0 Å². The zero-order chi connectivity index (χ0) is 21.4. The number of rotatable bonds is 5. The smallest absolute Gasteiger partial charge is 0.167 e. The molecule has 3 aromatic rings. The molecule has 4 heterocycles. The predicted octanol–water partition coefficient (Wildman–Crippen LogP) is 0.0180. The molecule has 0 aliphatic carbocycles. The normalized spacial score (nSPS) is 26.5. The summed E-state index contributed by atoms with van der Waals surface area (Å²) < 4.78 is 12.5. The molecule has 0 spiro atoms. The summed E-state index contributed by atoms with van der Waals surface area (Å²) in [6, 6.07) is 8.04. The molecule has 2 fully saturated rings. The molecule has 2 aliphatic rings. The second-order valence-electron chi connectivity index (χ2n) is 7.55. The summed E-state index contributed by atoms with van der Waals surface area (Å²) >= 11 is 0. The van der Waals surface area contributed by atoms with E-state index in [1.165, 1.54) is 17.2 Å². The Morgan fingerprint density at radius 1 is 1.03 bits per heavy atom. The molecule has 2 saturated heterocycles. The molecular formula is C20H24N6O5. The molecule has 4 N–H and O–H groups in total. The predicted molar refractivity (Wildman–Crippen MR) is 111 cm³/mol. The van der Waals surface area contributed by atoms with Gasteiger partial charge in [0.25, 0.3) is 0 Å². The number of ether oxygens (including phenoxy) is 2. The van der Waals surface area contributed by atoms with E-state index in [1.807, 2.05) is 24.3 Å². The number of benzene rings is 1. The van der Waals surface area contributed by atoms with Crippen molar-refractivity contribution in [2.24, 2.45) is 0 Å². The second kappa shape index (κ2) is 8.36. The second-order valence-corrected chi connectivity index (χ2v) is 7.55. The van der Waals surface area contributed by atoms with Gasteiger partial charge < -0.3 is 35.0 Å². The molecule has 31 heavy (non-hydrogen) atoms. The SMILES string of the molecule is OC[C@H]1O[C@@H](n2cnc3c(Nc4ccc(N5CCOCC5)cc4)ncnc32)[C@H](O)[C@@H]1O. The van der Waals surface area contributed by atoms with Crippen LogP contribution in [0.15, 0.2) is 36.9 Å². The average molecular weight is 428 g/mol. The van der Waals surface area contributed by atoms with E-state index in [1.54, 1.807) is 0 Å². The van der Waals surface area contributed by atoms with Gasteiger partial charge >= 0.3 is 0 Å². The molecule has 4 atom stereocenters. The van der Waals surface area contributed by atoms with Gasteiger partial charge in [0.1, 0.15) is 24.6 Å². The van der Waals surface area contributed by atoms with Crippen molar-refractivity contribution in [2.45, 2.75) is 24.5 Å². The van der Waals surface area contributed by atoms with Crippen molar-refractivity contribution < 1.29 is 24.8 Å². The van der Waals surface area contributed by atoms with Crippen LogP contribution in [0.4, 0.5) is 17.2 Å². The third-order valence-corrected chi connectivity index (χ3v) is 5.66. The van der Waals surface area contributed by atoms with Crippen LogP contribution in [-0.4, -0.2) is 86.1 Å². The molecule has 0 unspecified atom stereocenters. The average Bonchev–Trinajstić information content (AvgIpc) is 3.36. The van der Waals surface area contributed by atoms with Gasteiger partial charge in [-0.3, -0.25) is 4.57 Å². The highest BCUT2D eigenvalue weighted by Crippen LogP contribution is 2.32. The molecule has 5 rings (SSSR count). The Bertz CT molecular complexity index is 1040. The van der Waals surface area contributed by atoms with Crippen LogP contribution in [-0.2, 0) is 9.47 Å². The quantitative estimate of drug-likeness (QED) is 0.440. The van der Waals surface area contributed by atoms with E-state index in [0.717, 1.165) is 37.7 Å². The number of imidazole rings is 1. The summed E-state index contributed by atoms with van der Waals surface area (Å²) in [6.07, 6.45) is -1.32. The summed E-state index contributed by atoms with van der Waals surface area (Å²) in [6.45, 7) is 2.81. The van der Waals surface area contributed by atoms with E-state index >= 15 is 0 Å². The maximum Gasteiger partial charge on any atom is 0.167 e. The first-order chi connectivity index (χ1) is 15.2. The Labute approximate surface area is 177 Å². The van der Waals surface area contributed by atoms with E-state index in [9.17, 15) is 15.3 Å². The van der Waals surface area contributed by atoms with Crippen LogP contribution in [0.2, 0.25) is 0 Å². The van der Waals surface area contributed by atoms with Gasteiger partial charge in [0.15, 0.2) is 23.2 Å². The molecule has 0 amide bonds. The highest BCUT2D eigenvalue weighted by molar-refractivity contribution is 5.85. The third kappa shape index (κ3) is 3.70. The van der Waals surface area contributed by atoms with Crippen molar-refractivity contribution in [2.75, 3.05) is 43.1 Å². The Balaban J connectivity index is 1.38. The van der Waals surface area contributed by atoms with E-state index in [4.69, 9.17) is 9.47 Å². The standard InChI is InChI=1S/C20H24N6O5/c27-9-14-16(28)17(29)20(31-14)26-11-23-15-18(21-10-22-19(15)26)24-12-1-3-13(4-2-12)25-5-7-30-8-6-25/h1-4,10-11,14,16-17,20,27-29H,5-9H2,(H,21,22,24)/t14-,16-,17-,20-/m1/s1. The fourth-order valence-corrected chi connectivity index (χ4v) is 3.95. The zero-order valence-corrected chi connectivity index (χ0v) is 16.7. The van der Waals surface area contributed by atoms with E-state index < -0.39 is 31.1 Å². The van der Waals surface area contributed by atoms with Gasteiger partial charge in [-0.25, -0.2) is 15.0 Å². The van der Waals surface area contributed by atoms with Crippen LogP contribution in [0, 0.1) is 0 Å². The zero-order valence-electron chi connectivity index (χ0n) is 16.7. The van der Waals surface area contributed by atoms with Crippen molar-refractivity contribution in [1.82, 2.24) is 19.5 Å². The first-order valence-corrected chi connectivity index (χ1v) is 10.2. The number of aliphatic hydroxyl groups is 3. The van der Waals surface area contributed by atoms with Crippen molar-refractivity contribution >= 4 is 28.4 Å². The van der Waals surface area contributed by atoms with Crippen molar-refractivity contribution in [3.05, 3.63) is 36.9 Å². The molecule has 11 heteroatoms. The molecule has 0 bridgehead atoms. The van der Waals surface area contributed by atoms with Gasteiger partial charge in [0.2, 0.25) is 0 Å². The number of fused-ring (bicyclic) bond motifs is 1. The van der Waals surface area contributed by atoms with Gasteiger partial charge in [-0.15, -0.1) is 0 Å². The number of nitrogens with zero attached hydrogens (tertiary/aromatic N) is 5. The minimum Gasteiger partial charge on any atom is -0.394 e. The van der Waals surface area contributed by atoms with Crippen LogP contribution in [0.25, 0.3) is 11.2 Å². The summed E-state index contributed by atoms with van der Waals surface area (Å²) in [5.41, 5.74) is 2.92. The lowest BCUT2D eigenvalue weighted by molar-refractivity contribution is -0.0511. The first-order valence-electron chi connectivity index (χ1n) is 10.2. The molecular weight excluding hydrogens is 404 g/mol. The van der Waals surface area contributed by atoms with Crippen molar-refractivity contribution in [3.8, 4) is 0 Å². The lowest BCUT2D eigenvalue weighted by Gasteiger charge is -2.28. The van der Waals surface area contributed by atoms with Gasteiger partial charge in [-0.05, 0) is 24.3 Å². The Morgan fingerprint density at radius 2 is 1.81 bits per heavy atom. The lowest BCUT2D eigenvalue weighted by atomic mass is 10.1. The van der Waals surface area contributed by atoms with Crippen LogP contribution >= 0.6 is 0 Å². The van der Waals surface area contributed by atoms with Crippen LogP contribution < -0.4 is 10.2 Å². The monoisotopic (exact) mass is 428 g/mol. The summed E-state index contributed by atoms with van der Waals surface area (Å²) in [5.74, 6) is 0.509. The number of aliphatic hydroxyl groups excluding tert-OH is 3. The Hall–Kier alpha value is -2.83. The van der Waals surface area contributed by atoms with Gasteiger partial charge in [0, 0.05) is 24.5 Å². The third-order valence-electron chi connectivity index (χ3n) is 5.66. The molecule has 2 aromatic heterocycles.